The average Bonchev–Trinajstić information content (AvgIpc) is 3.27. The lowest BCUT2D eigenvalue weighted by Gasteiger charge is -2.12. The minimum atomic E-state index is 0. The van der Waals surface area contributed by atoms with Crippen molar-refractivity contribution in [3.63, 3.8) is 0 Å². The van der Waals surface area contributed by atoms with E-state index in [0.29, 0.717) is 12.0 Å². The van der Waals surface area contributed by atoms with Crippen LogP contribution in [0.4, 0.5) is 0 Å². The lowest BCUT2D eigenvalue weighted by atomic mass is 10.0. The van der Waals surface area contributed by atoms with Gasteiger partial charge in [-0.3, -0.25) is 9.67 Å². The fourth-order valence-corrected chi connectivity index (χ4v) is 3.41. The van der Waals surface area contributed by atoms with Gasteiger partial charge in [0.1, 0.15) is 0 Å². The summed E-state index contributed by atoms with van der Waals surface area (Å²) in [7, 11) is 1.83. The molecule has 0 amide bonds. The van der Waals surface area contributed by atoms with Crippen molar-refractivity contribution >= 4 is 29.9 Å². The summed E-state index contributed by atoms with van der Waals surface area (Å²) in [5.41, 5.74) is 5.14. The van der Waals surface area contributed by atoms with Crippen molar-refractivity contribution in [3.05, 3.63) is 52.8 Å². The second kappa shape index (κ2) is 9.39. The Kier molecular flexibility index (Phi) is 7.49. The molecule has 1 heterocycles. The van der Waals surface area contributed by atoms with E-state index < -0.39 is 0 Å². The standard InChI is InChI=1S/C20H29N5.HI/c1-14-8-5-6-9-17(14)18-13-19(18)23-20(21-4)22-10-7-11-25-16(3)12-15(2)24-25;/h5-6,8-9,12,18-19H,7,10-11,13H2,1-4H3,(H2,21,22,23);1H. The molecule has 2 N–H and O–H groups in total. The van der Waals surface area contributed by atoms with Crippen LogP contribution in [0.1, 0.15) is 41.3 Å². The first-order valence-electron chi connectivity index (χ1n) is 9.12. The first-order valence-corrected chi connectivity index (χ1v) is 9.12. The van der Waals surface area contributed by atoms with Crippen LogP contribution in [-0.4, -0.2) is 35.4 Å². The minimum absolute atomic E-state index is 0. The molecule has 2 unspecified atom stereocenters. The maximum absolute atomic E-state index is 4.50. The monoisotopic (exact) mass is 467 g/mol. The maximum atomic E-state index is 4.50. The number of hydrogen-bond donors (Lipinski definition) is 2. The molecule has 1 saturated carbocycles. The summed E-state index contributed by atoms with van der Waals surface area (Å²) < 4.78 is 2.07. The van der Waals surface area contributed by atoms with Crippen LogP contribution in [0.3, 0.4) is 0 Å². The zero-order chi connectivity index (χ0) is 17.8. The summed E-state index contributed by atoms with van der Waals surface area (Å²) in [6.45, 7) is 8.15. The Morgan fingerprint density at radius 3 is 2.69 bits per heavy atom. The summed E-state index contributed by atoms with van der Waals surface area (Å²) in [5.74, 6) is 1.50. The van der Waals surface area contributed by atoms with Crippen LogP contribution in [0.25, 0.3) is 0 Å². The zero-order valence-electron chi connectivity index (χ0n) is 16.1. The Balaban J connectivity index is 0.00000243. The molecule has 0 aliphatic heterocycles. The number of guanidine groups is 1. The third-order valence-electron chi connectivity index (χ3n) is 4.87. The zero-order valence-corrected chi connectivity index (χ0v) is 18.5. The summed E-state index contributed by atoms with van der Waals surface area (Å²) in [4.78, 5) is 4.36. The number of aliphatic imine (C=N–C) groups is 1. The number of benzene rings is 1. The van der Waals surface area contributed by atoms with Gasteiger partial charge in [-0.25, -0.2) is 0 Å². The van der Waals surface area contributed by atoms with Crippen molar-refractivity contribution < 1.29 is 0 Å². The molecule has 0 bridgehead atoms. The van der Waals surface area contributed by atoms with Gasteiger partial charge in [-0.1, -0.05) is 24.3 Å². The van der Waals surface area contributed by atoms with Gasteiger partial charge in [-0.2, -0.15) is 5.10 Å². The SMILES string of the molecule is CN=C(NCCCn1nc(C)cc1C)NC1CC1c1ccccc1C.I. The molecule has 5 nitrogen and oxygen atoms in total. The highest BCUT2D eigenvalue weighted by atomic mass is 127. The molecule has 2 atom stereocenters. The van der Waals surface area contributed by atoms with E-state index >= 15 is 0 Å². The number of nitrogens with one attached hydrogen (secondary N) is 2. The lowest BCUT2D eigenvalue weighted by Crippen LogP contribution is -2.39. The molecule has 0 spiro atoms. The number of nitrogens with zero attached hydrogens (tertiary/aromatic N) is 3. The van der Waals surface area contributed by atoms with E-state index in [0.717, 1.165) is 31.2 Å². The Labute approximate surface area is 173 Å². The van der Waals surface area contributed by atoms with Gasteiger partial charge in [-0.05, 0) is 50.8 Å². The van der Waals surface area contributed by atoms with Crippen LogP contribution in [0.15, 0.2) is 35.3 Å². The Bertz CT molecular complexity index is 752. The Hall–Kier alpha value is -1.57. The van der Waals surface area contributed by atoms with Crippen molar-refractivity contribution in [2.24, 2.45) is 4.99 Å². The quantitative estimate of drug-likeness (QED) is 0.296. The van der Waals surface area contributed by atoms with E-state index in [1.54, 1.807) is 0 Å². The molecular formula is C20H30IN5. The van der Waals surface area contributed by atoms with E-state index in [-0.39, 0.29) is 24.0 Å². The van der Waals surface area contributed by atoms with Gasteiger partial charge in [0, 0.05) is 37.8 Å². The minimum Gasteiger partial charge on any atom is -0.356 e. The van der Waals surface area contributed by atoms with E-state index in [9.17, 15) is 0 Å². The van der Waals surface area contributed by atoms with Crippen molar-refractivity contribution in [2.75, 3.05) is 13.6 Å². The van der Waals surface area contributed by atoms with Crippen molar-refractivity contribution in [1.82, 2.24) is 20.4 Å². The van der Waals surface area contributed by atoms with Gasteiger partial charge in [0.05, 0.1) is 5.69 Å². The second-order valence-electron chi connectivity index (χ2n) is 6.95. The number of rotatable bonds is 6. The normalized spacial score (nSPS) is 19.0. The highest BCUT2D eigenvalue weighted by Crippen LogP contribution is 2.41. The molecule has 0 radical (unpaired) electrons. The van der Waals surface area contributed by atoms with Crippen molar-refractivity contribution in [1.29, 1.82) is 0 Å². The molecule has 2 aromatic rings. The summed E-state index contributed by atoms with van der Waals surface area (Å²) in [6, 6.07) is 11.3. The van der Waals surface area contributed by atoms with Gasteiger partial charge in [0.2, 0.25) is 0 Å². The van der Waals surface area contributed by atoms with Crippen LogP contribution in [0.5, 0.6) is 0 Å². The predicted molar refractivity (Wildman–Crippen MR) is 119 cm³/mol. The smallest absolute Gasteiger partial charge is 0.191 e. The Morgan fingerprint density at radius 1 is 1.27 bits per heavy atom. The molecule has 3 rings (SSSR count). The number of hydrogen-bond acceptors (Lipinski definition) is 2. The summed E-state index contributed by atoms with van der Waals surface area (Å²) in [5, 5.41) is 11.5. The van der Waals surface area contributed by atoms with Gasteiger partial charge < -0.3 is 10.6 Å². The molecule has 26 heavy (non-hydrogen) atoms. The molecule has 0 saturated heterocycles. The molecule has 1 fully saturated rings. The van der Waals surface area contributed by atoms with Crippen molar-refractivity contribution in [3.8, 4) is 0 Å². The third kappa shape index (κ3) is 5.22. The highest BCUT2D eigenvalue weighted by Gasteiger charge is 2.39. The first kappa shape index (κ1) is 20.7. The molecule has 6 heteroatoms. The second-order valence-corrected chi connectivity index (χ2v) is 6.95. The summed E-state index contributed by atoms with van der Waals surface area (Å²) >= 11 is 0. The van der Waals surface area contributed by atoms with Crippen LogP contribution in [-0.2, 0) is 6.54 Å². The van der Waals surface area contributed by atoms with Gasteiger partial charge in [-0.15, -0.1) is 24.0 Å². The van der Waals surface area contributed by atoms with E-state index in [1.807, 2.05) is 14.0 Å². The van der Waals surface area contributed by atoms with Gasteiger partial charge in [0.15, 0.2) is 5.96 Å². The van der Waals surface area contributed by atoms with Crippen LogP contribution in [0, 0.1) is 20.8 Å². The first-order chi connectivity index (χ1) is 12.1. The van der Waals surface area contributed by atoms with Gasteiger partial charge in [0.25, 0.3) is 0 Å². The van der Waals surface area contributed by atoms with Crippen LogP contribution < -0.4 is 10.6 Å². The number of aromatic nitrogens is 2. The largest absolute Gasteiger partial charge is 0.356 e. The summed E-state index contributed by atoms with van der Waals surface area (Å²) in [6.07, 6.45) is 2.20. The molecular weight excluding hydrogens is 437 g/mol. The maximum Gasteiger partial charge on any atom is 0.191 e. The highest BCUT2D eigenvalue weighted by molar-refractivity contribution is 14.0. The van der Waals surface area contributed by atoms with E-state index in [4.69, 9.17) is 0 Å². The lowest BCUT2D eigenvalue weighted by molar-refractivity contribution is 0.555. The molecule has 142 valence electrons. The number of halogens is 1. The topological polar surface area (TPSA) is 54.2 Å². The molecule has 1 aromatic heterocycles. The van der Waals surface area contributed by atoms with Crippen molar-refractivity contribution in [2.45, 2.75) is 52.1 Å². The third-order valence-corrected chi connectivity index (χ3v) is 4.87. The Morgan fingerprint density at radius 2 is 2.04 bits per heavy atom. The van der Waals surface area contributed by atoms with Gasteiger partial charge >= 0.3 is 0 Å². The molecule has 1 aliphatic carbocycles. The predicted octanol–water partition coefficient (Wildman–Crippen LogP) is 3.54. The van der Waals surface area contributed by atoms with E-state index in [2.05, 4.69) is 69.6 Å². The average molecular weight is 467 g/mol. The van der Waals surface area contributed by atoms with E-state index in [1.165, 1.54) is 23.2 Å². The number of aryl methyl sites for hydroxylation is 4. The fraction of sp³-hybridized carbons (Fsp3) is 0.500. The molecule has 1 aromatic carbocycles. The molecule has 1 aliphatic rings. The fourth-order valence-electron chi connectivity index (χ4n) is 3.41. The van der Waals surface area contributed by atoms with Crippen LogP contribution >= 0.6 is 24.0 Å². The van der Waals surface area contributed by atoms with Crippen LogP contribution in [0.2, 0.25) is 0 Å².